The number of hydrogen-bond donors (Lipinski definition) is 1. The first-order valence-corrected chi connectivity index (χ1v) is 7.24. The van der Waals surface area contributed by atoms with Gasteiger partial charge in [0.15, 0.2) is 0 Å². The summed E-state index contributed by atoms with van der Waals surface area (Å²) < 4.78 is 1.18. The molecular formula is C14H21BrN2. The van der Waals surface area contributed by atoms with Crippen molar-refractivity contribution in [2.45, 2.75) is 32.7 Å². The van der Waals surface area contributed by atoms with Crippen molar-refractivity contribution in [3.8, 4) is 0 Å². The van der Waals surface area contributed by atoms with Gasteiger partial charge in [0, 0.05) is 29.3 Å². The highest BCUT2D eigenvalue weighted by atomic mass is 79.9. The molecular weight excluding hydrogens is 276 g/mol. The number of nitrogens with one attached hydrogen (secondary N) is 1. The number of hydrogen-bond acceptors (Lipinski definition) is 2. The van der Waals surface area contributed by atoms with E-state index in [9.17, 15) is 0 Å². The molecule has 1 saturated heterocycles. The second kappa shape index (κ2) is 5.87. The second-order valence-electron chi connectivity index (χ2n) is 4.85. The lowest BCUT2D eigenvalue weighted by Crippen LogP contribution is -2.37. The Bertz CT molecular complexity index is 358. The molecule has 0 saturated carbocycles. The summed E-state index contributed by atoms with van der Waals surface area (Å²) in [5.74, 6) is 0. The Morgan fingerprint density at radius 1 is 1.41 bits per heavy atom. The van der Waals surface area contributed by atoms with Crippen molar-refractivity contribution in [3.63, 3.8) is 0 Å². The Morgan fingerprint density at radius 3 is 2.94 bits per heavy atom. The molecule has 1 aromatic carbocycles. The zero-order chi connectivity index (χ0) is 12.3. The molecule has 0 bridgehead atoms. The Kier molecular flexibility index (Phi) is 4.46. The molecule has 0 spiro atoms. The van der Waals surface area contributed by atoms with E-state index in [0.29, 0.717) is 6.04 Å². The number of anilines is 1. The molecule has 3 heteroatoms. The van der Waals surface area contributed by atoms with Crippen LogP contribution in [0.1, 0.15) is 25.3 Å². The van der Waals surface area contributed by atoms with Crippen molar-refractivity contribution >= 4 is 21.6 Å². The molecule has 1 heterocycles. The molecule has 94 valence electrons. The van der Waals surface area contributed by atoms with E-state index in [1.54, 1.807) is 0 Å². The fourth-order valence-electron chi connectivity index (χ4n) is 2.41. The van der Waals surface area contributed by atoms with Gasteiger partial charge in [0.05, 0.1) is 0 Å². The van der Waals surface area contributed by atoms with Crippen LogP contribution in [0.2, 0.25) is 0 Å². The maximum absolute atomic E-state index is 3.61. The van der Waals surface area contributed by atoms with E-state index in [0.717, 1.165) is 19.6 Å². The van der Waals surface area contributed by atoms with Gasteiger partial charge in [-0.3, -0.25) is 0 Å². The molecule has 1 atom stereocenters. The molecule has 0 aromatic heterocycles. The highest BCUT2D eigenvalue weighted by molar-refractivity contribution is 9.10. The SMILES string of the molecule is CCC1CN(c2cc(C)cc(Br)c2)CCCN1. The summed E-state index contributed by atoms with van der Waals surface area (Å²) in [5.41, 5.74) is 2.67. The minimum atomic E-state index is 0.622. The van der Waals surface area contributed by atoms with Gasteiger partial charge < -0.3 is 10.2 Å². The van der Waals surface area contributed by atoms with E-state index < -0.39 is 0 Å². The molecule has 2 rings (SSSR count). The molecule has 0 amide bonds. The van der Waals surface area contributed by atoms with Crippen LogP contribution in [0.15, 0.2) is 22.7 Å². The Labute approximate surface area is 113 Å². The van der Waals surface area contributed by atoms with E-state index in [2.05, 4.69) is 58.2 Å². The van der Waals surface area contributed by atoms with Crippen molar-refractivity contribution in [2.75, 3.05) is 24.5 Å². The van der Waals surface area contributed by atoms with Gasteiger partial charge in [-0.1, -0.05) is 22.9 Å². The first-order chi connectivity index (χ1) is 8.19. The molecule has 17 heavy (non-hydrogen) atoms. The molecule has 0 radical (unpaired) electrons. The molecule has 1 N–H and O–H groups in total. The van der Waals surface area contributed by atoms with Gasteiger partial charge in [-0.2, -0.15) is 0 Å². The summed E-state index contributed by atoms with van der Waals surface area (Å²) in [7, 11) is 0. The van der Waals surface area contributed by atoms with Crippen LogP contribution in [-0.2, 0) is 0 Å². The average Bonchev–Trinajstić information content (AvgIpc) is 2.52. The molecule has 1 aliphatic heterocycles. The lowest BCUT2D eigenvalue weighted by molar-refractivity contribution is 0.528. The summed E-state index contributed by atoms with van der Waals surface area (Å²) in [5, 5.41) is 3.61. The maximum atomic E-state index is 3.61. The number of nitrogens with zero attached hydrogens (tertiary/aromatic N) is 1. The zero-order valence-electron chi connectivity index (χ0n) is 10.7. The lowest BCUT2D eigenvalue weighted by atomic mass is 10.1. The normalized spacial score (nSPS) is 21.4. The van der Waals surface area contributed by atoms with Crippen molar-refractivity contribution in [1.82, 2.24) is 5.32 Å². The predicted octanol–water partition coefficient (Wildman–Crippen LogP) is 3.34. The second-order valence-corrected chi connectivity index (χ2v) is 5.76. The Balaban J connectivity index is 2.18. The standard InChI is InChI=1S/C14H21BrN2/c1-3-13-10-17(6-4-5-16-13)14-8-11(2)7-12(15)9-14/h7-9,13,16H,3-6,10H2,1-2H3. The third-order valence-electron chi connectivity index (χ3n) is 3.36. The van der Waals surface area contributed by atoms with Crippen LogP contribution in [0.3, 0.4) is 0 Å². The highest BCUT2D eigenvalue weighted by Gasteiger charge is 2.16. The summed E-state index contributed by atoms with van der Waals surface area (Å²) in [6, 6.07) is 7.29. The van der Waals surface area contributed by atoms with Gasteiger partial charge in [0.2, 0.25) is 0 Å². The number of aryl methyl sites for hydroxylation is 1. The number of halogens is 1. The minimum Gasteiger partial charge on any atom is -0.370 e. The third-order valence-corrected chi connectivity index (χ3v) is 3.82. The largest absolute Gasteiger partial charge is 0.370 e. The van der Waals surface area contributed by atoms with E-state index >= 15 is 0 Å². The molecule has 0 aliphatic carbocycles. The Morgan fingerprint density at radius 2 is 2.24 bits per heavy atom. The van der Waals surface area contributed by atoms with Gasteiger partial charge in [-0.25, -0.2) is 0 Å². The quantitative estimate of drug-likeness (QED) is 0.900. The van der Waals surface area contributed by atoms with E-state index in [1.807, 2.05) is 0 Å². The van der Waals surface area contributed by atoms with E-state index in [1.165, 1.54) is 28.6 Å². The van der Waals surface area contributed by atoms with Crippen LogP contribution in [0.25, 0.3) is 0 Å². The minimum absolute atomic E-state index is 0.622. The van der Waals surface area contributed by atoms with Crippen molar-refractivity contribution in [2.24, 2.45) is 0 Å². The maximum Gasteiger partial charge on any atom is 0.0380 e. The van der Waals surface area contributed by atoms with Gasteiger partial charge >= 0.3 is 0 Å². The highest BCUT2D eigenvalue weighted by Crippen LogP contribution is 2.23. The molecule has 1 aliphatic rings. The fraction of sp³-hybridized carbons (Fsp3) is 0.571. The monoisotopic (exact) mass is 296 g/mol. The van der Waals surface area contributed by atoms with Crippen LogP contribution in [-0.4, -0.2) is 25.7 Å². The molecule has 2 nitrogen and oxygen atoms in total. The molecule has 1 unspecified atom stereocenters. The summed E-state index contributed by atoms with van der Waals surface area (Å²) in [6.07, 6.45) is 2.42. The van der Waals surface area contributed by atoms with Gasteiger partial charge in [0.25, 0.3) is 0 Å². The van der Waals surface area contributed by atoms with Gasteiger partial charge in [0.1, 0.15) is 0 Å². The summed E-state index contributed by atoms with van der Waals surface area (Å²) in [4.78, 5) is 2.51. The van der Waals surface area contributed by atoms with Crippen LogP contribution in [0.4, 0.5) is 5.69 Å². The number of benzene rings is 1. The van der Waals surface area contributed by atoms with E-state index in [-0.39, 0.29) is 0 Å². The van der Waals surface area contributed by atoms with Crippen LogP contribution >= 0.6 is 15.9 Å². The van der Waals surface area contributed by atoms with Crippen molar-refractivity contribution < 1.29 is 0 Å². The molecule has 1 fully saturated rings. The first kappa shape index (κ1) is 12.9. The molecule has 1 aromatic rings. The zero-order valence-corrected chi connectivity index (χ0v) is 12.3. The Hall–Kier alpha value is -0.540. The number of rotatable bonds is 2. The van der Waals surface area contributed by atoms with Crippen LogP contribution in [0.5, 0.6) is 0 Å². The predicted molar refractivity (Wildman–Crippen MR) is 77.8 cm³/mol. The van der Waals surface area contributed by atoms with Gasteiger partial charge in [-0.05, 0) is 50.1 Å². The summed E-state index contributed by atoms with van der Waals surface area (Å²) >= 11 is 3.59. The van der Waals surface area contributed by atoms with Crippen LogP contribution in [0, 0.1) is 6.92 Å². The topological polar surface area (TPSA) is 15.3 Å². The average molecular weight is 297 g/mol. The lowest BCUT2D eigenvalue weighted by Gasteiger charge is -2.26. The smallest absolute Gasteiger partial charge is 0.0380 e. The van der Waals surface area contributed by atoms with E-state index in [4.69, 9.17) is 0 Å². The fourth-order valence-corrected chi connectivity index (χ4v) is 3.00. The third kappa shape index (κ3) is 3.46. The first-order valence-electron chi connectivity index (χ1n) is 6.44. The summed E-state index contributed by atoms with van der Waals surface area (Å²) in [6.45, 7) is 7.82. The van der Waals surface area contributed by atoms with Crippen molar-refractivity contribution in [3.05, 3.63) is 28.2 Å². The van der Waals surface area contributed by atoms with Crippen LogP contribution < -0.4 is 10.2 Å². The van der Waals surface area contributed by atoms with Gasteiger partial charge in [-0.15, -0.1) is 0 Å². The van der Waals surface area contributed by atoms with Crippen molar-refractivity contribution in [1.29, 1.82) is 0 Å².